The molecular formula is C31H42ClN9O2. The normalized spacial score (nSPS) is 29.1. The van der Waals surface area contributed by atoms with Crippen molar-refractivity contribution in [3.05, 3.63) is 35.4 Å². The Labute approximate surface area is 257 Å². The molecule has 2 N–H and O–H groups in total. The van der Waals surface area contributed by atoms with Gasteiger partial charge in [-0.05, 0) is 101 Å². The minimum absolute atomic E-state index is 0.270. The first-order valence-electron chi connectivity index (χ1n) is 16.2. The van der Waals surface area contributed by atoms with E-state index in [4.69, 9.17) is 21.3 Å². The molecule has 0 aromatic carbocycles. The fourth-order valence-corrected chi connectivity index (χ4v) is 8.50. The van der Waals surface area contributed by atoms with Crippen LogP contribution in [-0.2, 0) is 4.74 Å². The van der Waals surface area contributed by atoms with E-state index in [0.717, 1.165) is 44.1 Å². The number of hydrogen-bond acceptors (Lipinski definition) is 8. The summed E-state index contributed by atoms with van der Waals surface area (Å²) in [6.07, 6.45) is 16.6. The second kappa shape index (κ2) is 11.3. The van der Waals surface area contributed by atoms with Crippen molar-refractivity contribution in [1.82, 2.24) is 34.6 Å². The molecule has 0 radical (unpaired) electrons. The van der Waals surface area contributed by atoms with E-state index in [0.29, 0.717) is 39.5 Å². The van der Waals surface area contributed by atoms with Crippen molar-refractivity contribution in [3.8, 4) is 0 Å². The third kappa shape index (κ3) is 5.43. The highest BCUT2D eigenvalue weighted by Gasteiger charge is 2.40. The summed E-state index contributed by atoms with van der Waals surface area (Å²) in [7, 11) is 0. The van der Waals surface area contributed by atoms with Crippen LogP contribution in [0.3, 0.4) is 0 Å². The third-order valence-electron chi connectivity index (χ3n) is 11.0. The number of aromatic nitrogens is 5. The Morgan fingerprint density at radius 1 is 1.12 bits per heavy atom. The molecule has 2 atom stereocenters. The zero-order valence-electron chi connectivity index (χ0n) is 24.8. The number of hydrogen-bond donors (Lipinski definition) is 2. The number of amides is 1. The number of fused-ring (bicyclic) bond motifs is 3. The Bertz CT molecular complexity index is 1460. The number of carbonyl (C=O) groups excluding carboxylic acids is 1. The summed E-state index contributed by atoms with van der Waals surface area (Å²) in [6.45, 7) is 7.70. The highest BCUT2D eigenvalue weighted by atomic mass is 35.5. The van der Waals surface area contributed by atoms with Crippen molar-refractivity contribution >= 4 is 34.7 Å². The van der Waals surface area contributed by atoms with Crippen LogP contribution in [0, 0.1) is 11.3 Å². The van der Waals surface area contributed by atoms with Gasteiger partial charge < -0.3 is 25.2 Å². The van der Waals surface area contributed by atoms with Crippen molar-refractivity contribution < 1.29 is 9.53 Å². The monoisotopic (exact) mass is 607 g/mol. The predicted molar refractivity (Wildman–Crippen MR) is 165 cm³/mol. The number of carbonyl (C=O) groups is 1. The van der Waals surface area contributed by atoms with Crippen molar-refractivity contribution in [3.63, 3.8) is 0 Å². The maximum Gasteiger partial charge on any atom is 0.261 e. The van der Waals surface area contributed by atoms with Gasteiger partial charge in [0.2, 0.25) is 0 Å². The third-order valence-corrected chi connectivity index (χ3v) is 11.3. The van der Waals surface area contributed by atoms with Gasteiger partial charge in [0.05, 0.1) is 42.9 Å². The van der Waals surface area contributed by atoms with Crippen molar-refractivity contribution in [2.75, 3.05) is 56.1 Å². The van der Waals surface area contributed by atoms with E-state index in [1.54, 1.807) is 10.7 Å². The minimum atomic E-state index is -0.288. The zero-order valence-corrected chi connectivity index (χ0v) is 25.5. The van der Waals surface area contributed by atoms with Gasteiger partial charge >= 0.3 is 0 Å². The number of likely N-dealkylation sites (tertiary alicyclic amines) is 1. The lowest BCUT2D eigenvalue weighted by Crippen LogP contribution is -2.46. The molecule has 4 aliphatic heterocycles. The lowest BCUT2D eigenvalue weighted by molar-refractivity contribution is 0.0592. The molecule has 3 aromatic rings. The summed E-state index contributed by atoms with van der Waals surface area (Å²) in [5.74, 6) is 1.31. The maximum absolute atomic E-state index is 13.4. The Balaban J connectivity index is 0.872. The minimum Gasteiger partial charge on any atom is -0.374 e. The van der Waals surface area contributed by atoms with Gasteiger partial charge in [-0.15, -0.1) is 0 Å². The van der Waals surface area contributed by atoms with Gasteiger partial charge in [0.15, 0.2) is 10.8 Å². The maximum atomic E-state index is 13.4. The molecule has 5 aliphatic rings. The SMILES string of the molecule is O=C(Nc1cn(C2CCC(CN3CCC4(CCNCC4)CC3)CC2)nc1Cl)c1cnn2ccc(N3C[C@H]4C[C@@H]3CO4)nc12. The molecule has 230 valence electrons. The van der Waals surface area contributed by atoms with Crippen LogP contribution in [0.2, 0.25) is 5.15 Å². The second-order valence-corrected chi connectivity index (χ2v) is 14.0. The van der Waals surface area contributed by atoms with Crippen LogP contribution in [0.4, 0.5) is 11.5 Å². The first-order chi connectivity index (χ1) is 21.0. The Morgan fingerprint density at radius 2 is 1.93 bits per heavy atom. The summed E-state index contributed by atoms with van der Waals surface area (Å²) in [5.41, 5.74) is 2.08. The molecule has 1 spiro atoms. The highest BCUT2D eigenvalue weighted by Crippen LogP contribution is 2.41. The van der Waals surface area contributed by atoms with Crippen LogP contribution in [0.25, 0.3) is 5.65 Å². The molecule has 1 aliphatic carbocycles. The fraction of sp³-hybridized carbons (Fsp3) is 0.677. The van der Waals surface area contributed by atoms with Crippen LogP contribution in [0.15, 0.2) is 24.7 Å². The lowest BCUT2D eigenvalue weighted by Gasteiger charge is -2.45. The summed E-state index contributed by atoms with van der Waals surface area (Å²) in [4.78, 5) is 23.2. The van der Waals surface area contributed by atoms with E-state index in [1.807, 2.05) is 23.1 Å². The van der Waals surface area contributed by atoms with Gasteiger partial charge in [-0.25, -0.2) is 9.50 Å². The largest absolute Gasteiger partial charge is 0.374 e. The topological polar surface area (TPSA) is 105 Å². The number of piperidine rings is 2. The molecule has 11 nitrogen and oxygen atoms in total. The first-order valence-corrected chi connectivity index (χ1v) is 16.6. The molecule has 1 amide bonds. The number of halogens is 1. The number of nitrogens with zero attached hydrogens (tertiary/aromatic N) is 7. The van der Waals surface area contributed by atoms with Gasteiger partial charge in [-0.3, -0.25) is 9.48 Å². The Kier molecular flexibility index (Phi) is 7.32. The van der Waals surface area contributed by atoms with Gasteiger partial charge in [0.1, 0.15) is 11.4 Å². The van der Waals surface area contributed by atoms with Crippen molar-refractivity contribution in [1.29, 1.82) is 0 Å². The van der Waals surface area contributed by atoms with Crippen LogP contribution in [0.1, 0.15) is 74.2 Å². The first kappa shape index (κ1) is 27.8. The number of rotatable bonds is 6. The van der Waals surface area contributed by atoms with E-state index in [9.17, 15) is 4.79 Å². The zero-order chi connectivity index (χ0) is 29.0. The average molecular weight is 608 g/mol. The second-order valence-electron chi connectivity index (χ2n) is 13.6. The summed E-state index contributed by atoms with van der Waals surface area (Å²) >= 11 is 6.54. The number of ether oxygens (including phenoxy) is 1. The molecule has 0 unspecified atom stereocenters. The van der Waals surface area contributed by atoms with Crippen molar-refractivity contribution in [2.45, 2.75) is 76.0 Å². The number of nitrogens with one attached hydrogen (secondary N) is 2. The average Bonchev–Trinajstić information content (AvgIpc) is 3.84. The number of morpholine rings is 1. The van der Waals surface area contributed by atoms with E-state index in [1.165, 1.54) is 71.2 Å². The van der Waals surface area contributed by atoms with E-state index in [2.05, 4.69) is 30.6 Å². The Morgan fingerprint density at radius 3 is 2.67 bits per heavy atom. The fourth-order valence-electron chi connectivity index (χ4n) is 8.31. The molecule has 2 bridgehead atoms. The lowest BCUT2D eigenvalue weighted by atomic mass is 9.71. The van der Waals surface area contributed by atoms with Crippen molar-refractivity contribution in [2.24, 2.45) is 11.3 Å². The van der Waals surface area contributed by atoms with Gasteiger partial charge in [0, 0.05) is 19.3 Å². The molecule has 4 saturated heterocycles. The smallest absolute Gasteiger partial charge is 0.261 e. The van der Waals surface area contributed by atoms with Crippen LogP contribution in [0.5, 0.6) is 0 Å². The van der Waals surface area contributed by atoms with Gasteiger partial charge in [-0.2, -0.15) is 10.2 Å². The highest BCUT2D eigenvalue weighted by molar-refractivity contribution is 6.32. The number of anilines is 2. The summed E-state index contributed by atoms with van der Waals surface area (Å²) in [5, 5.41) is 15.8. The Hall–Kier alpha value is -2.73. The van der Waals surface area contributed by atoms with E-state index < -0.39 is 0 Å². The van der Waals surface area contributed by atoms with E-state index in [-0.39, 0.29) is 12.0 Å². The van der Waals surface area contributed by atoms with E-state index >= 15 is 0 Å². The molecular weight excluding hydrogens is 566 g/mol. The molecule has 3 aromatic heterocycles. The van der Waals surface area contributed by atoms with Crippen LogP contribution < -0.4 is 15.5 Å². The molecule has 1 saturated carbocycles. The van der Waals surface area contributed by atoms with Gasteiger partial charge in [-0.1, -0.05) is 11.6 Å². The molecule has 7 heterocycles. The molecule has 12 heteroatoms. The van der Waals surface area contributed by atoms with Crippen LogP contribution >= 0.6 is 11.6 Å². The summed E-state index contributed by atoms with van der Waals surface area (Å²) < 4.78 is 9.35. The van der Waals surface area contributed by atoms with Crippen LogP contribution in [-0.4, -0.2) is 93.2 Å². The summed E-state index contributed by atoms with van der Waals surface area (Å²) in [6, 6.07) is 2.60. The molecule has 5 fully saturated rings. The standard InChI is InChI=1S/C31H42ClN9O2/c32-28-26(35-30(42)25-16-34-40-12-5-27(36-29(25)40)39-18-24-15-23(39)20-43-24)19-41(37-28)22-3-1-21(2-4-22)17-38-13-8-31(9-14-38)6-10-33-11-7-31/h5,12,16,19,21-24,33H,1-4,6-11,13-15,17-18,20H2,(H,35,42)/t21?,22?,23-,24-/m1/s1. The molecule has 8 rings (SSSR count). The molecule has 43 heavy (non-hydrogen) atoms. The quantitative estimate of drug-likeness (QED) is 0.433. The van der Waals surface area contributed by atoms with Gasteiger partial charge in [0.25, 0.3) is 5.91 Å². The predicted octanol–water partition coefficient (Wildman–Crippen LogP) is 4.01.